The van der Waals surface area contributed by atoms with Crippen LogP contribution in [0.3, 0.4) is 0 Å². The maximum absolute atomic E-state index is 10.6. The third kappa shape index (κ3) is 3.41. The highest BCUT2D eigenvalue weighted by Gasteiger charge is 2.45. The summed E-state index contributed by atoms with van der Waals surface area (Å²) in [7, 11) is 0. The molecule has 10 nitrogen and oxygen atoms in total. The van der Waals surface area contributed by atoms with Gasteiger partial charge in [-0.3, -0.25) is 4.57 Å². The second-order valence-electron chi connectivity index (χ2n) is 7.48. The molecular formula is C18H28N6O4. The van der Waals surface area contributed by atoms with Gasteiger partial charge in [0.15, 0.2) is 23.2 Å². The fourth-order valence-electron chi connectivity index (χ4n) is 3.97. The quantitative estimate of drug-likeness (QED) is 0.459. The van der Waals surface area contributed by atoms with E-state index in [2.05, 4.69) is 27.5 Å². The Morgan fingerprint density at radius 1 is 1.21 bits per heavy atom. The van der Waals surface area contributed by atoms with Crippen molar-refractivity contribution in [1.29, 1.82) is 0 Å². The van der Waals surface area contributed by atoms with Crippen LogP contribution in [-0.4, -0.2) is 72.3 Å². The van der Waals surface area contributed by atoms with Crippen molar-refractivity contribution in [3.63, 3.8) is 0 Å². The molecule has 10 heteroatoms. The molecule has 4 atom stereocenters. The number of anilines is 2. The summed E-state index contributed by atoms with van der Waals surface area (Å²) in [5.74, 6) is 1.14. The minimum atomic E-state index is -1.21. The maximum Gasteiger partial charge on any atom is 0.207 e. The van der Waals surface area contributed by atoms with Gasteiger partial charge in [0.2, 0.25) is 5.95 Å². The van der Waals surface area contributed by atoms with Crippen LogP contribution in [0.2, 0.25) is 0 Å². The van der Waals surface area contributed by atoms with Crippen molar-refractivity contribution in [3.8, 4) is 0 Å². The van der Waals surface area contributed by atoms with Gasteiger partial charge in [0.1, 0.15) is 24.6 Å². The van der Waals surface area contributed by atoms with Gasteiger partial charge in [-0.25, -0.2) is 15.0 Å². The molecule has 1 aliphatic heterocycles. The second-order valence-corrected chi connectivity index (χ2v) is 7.48. The van der Waals surface area contributed by atoms with E-state index in [4.69, 9.17) is 9.72 Å². The average Bonchev–Trinajstić information content (AvgIpc) is 3.40. The molecular weight excluding hydrogens is 364 g/mol. The number of nitrogens with one attached hydrogen (secondary N) is 2. The zero-order valence-electron chi connectivity index (χ0n) is 16.0. The molecule has 2 aromatic rings. The van der Waals surface area contributed by atoms with Crippen molar-refractivity contribution in [2.45, 2.75) is 69.6 Å². The van der Waals surface area contributed by atoms with Crippen LogP contribution in [0.1, 0.15) is 45.3 Å². The standard InChI is InChI=1S/C18H28N6O4/c1-2-7-19-15-12-16(21-9-20-15)24(17-14(27)13(26)11(8-25)28-17)18(23-12)22-10-5-3-4-6-10/h9-11,13-14,17,25-27H,2-8H2,1H3,(H,22,23)(H,19,20,21). The maximum atomic E-state index is 10.6. The van der Waals surface area contributed by atoms with Crippen LogP contribution in [0.4, 0.5) is 11.8 Å². The van der Waals surface area contributed by atoms with Crippen LogP contribution in [-0.2, 0) is 4.74 Å². The molecule has 2 aliphatic rings. The molecule has 0 bridgehead atoms. The Bertz CT molecular complexity index is 809. The number of hydrogen-bond donors (Lipinski definition) is 5. The van der Waals surface area contributed by atoms with E-state index < -0.39 is 24.5 Å². The summed E-state index contributed by atoms with van der Waals surface area (Å²) in [4.78, 5) is 13.4. The second kappa shape index (κ2) is 8.16. The fraction of sp³-hybridized carbons (Fsp3) is 0.722. The number of nitrogens with zero attached hydrogens (tertiary/aromatic N) is 4. The van der Waals surface area contributed by atoms with E-state index in [-0.39, 0.29) is 12.6 Å². The monoisotopic (exact) mass is 392 g/mol. The number of ether oxygens (including phenoxy) is 1. The fourth-order valence-corrected chi connectivity index (χ4v) is 3.97. The van der Waals surface area contributed by atoms with Gasteiger partial charge in [0.25, 0.3) is 0 Å². The lowest BCUT2D eigenvalue weighted by atomic mass is 10.1. The summed E-state index contributed by atoms with van der Waals surface area (Å²) in [6.07, 6.45) is 2.63. The third-order valence-electron chi connectivity index (χ3n) is 5.48. The van der Waals surface area contributed by atoms with Gasteiger partial charge in [0.05, 0.1) is 6.61 Å². The molecule has 5 N–H and O–H groups in total. The Hall–Kier alpha value is -2.01. The normalized spacial score (nSPS) is 28.3. The average molecular weight is 392 g/mol. The summed E-state index contributed by atoms with van der Waals surface area (Å²) < 4.78 is 7.44. The first-order valence-corrected chi connectivity index (χ1v) is 9.99. The van der Waals surface area contributed by atoms with Crippen LogP contribution in [0.25, 0.3) is 11.2 Å². The van der Waals surface area contributed by atoms with Crippen LogP contribution >= 0.6 is 0 Å². The first kappa shape index (κ1) is 19.3. The smallest absolute Gasteiger partial charge is 0.207 e. The zero-order valence-corrected chi connectivity index (χ0v) is 16.0. The molecule has 0 amide bonds. The van der Waals surface area contributed by atoms with Crippen molar-refractivity contribution >= 4 is 22.9 Å². The topological polar surface area (TPSA) is 138 Å². The van der Waals surface area contributed by atoms with E-state index >= 15 is 0 Å². The lowest BCUT2D eigenvalue weighted by Crippen LogP contribution is -2.33. The molecule has 3 heterocycles. The highest BCUT2D eigenvalue weighted by atomic mass is 16.6. The van der Waals surface area contributed by atoms with Crippen LogP contribution in [0.5, 0.6) is 0 Å². The minimum Gasteiger partial charge on any atom is -0.394 e. The molecule has 1 saturated carbocycles. The SMILES string of the molecule is CCCNc1ncnc2c1nc(NC1CCCC1)n2C1OC(CO)C(O)C1O. The summed E-state index contributed by atoms with van der Waals surface area (Å²) in [5, 5.41) is 36.9. The number of aliphatic hydroxyl groups is 3. The van der Waals surface area contributed by atoms with Gasteiger partial charge in [-0.05, 0) is 19.3 Å². The van der Waals surface area contributed by atoms with Gasteiger partial charge in [0, 0.05) is 12.6 Å². The first-order chi connectivity index (χ1) is 13.6. The predicted octanol–water partition coefficient (Wildman–Crippen LogP) is 0.614. The Morgan fingerprint density at radius 3 is 2.68 bits per heavy atom. The van der Waals surface area contributed by atoms with E-state index in [1.807, 2.05) is 0 Å². The zero-order chi connectivity index (χ0) is 19.7. The van der Waals surface area contributed by atoms with E-state index in [1.165, 1.54) is 6.33 Å². The lowest BCUT2D eigenvalue weighted by Gasteiger charge is -2.21. The molecule has 2 fully saturated rings. The van der Waals surface area contributed by atoms with Crippen molar-refractivity contribution in [3.05, 3.63) is 6.33 Å². The van der Waals surface area contributed by atoms with Gasteiger partial charge in [-0.2, -0.15) is 0 Å². The Kier molecular flexibility index (Phi) is 5.63. The van der Waals surface area contributed by atoms with E-state index in [1.54, 1.807) is 4.57 Å². The number of rotatable bonds is 7. The van der Waals surface area contributed by atoms with Crippen LogP contribution in [0, 0.1) is 0 Å². The number of aliphatic hydroxyl groups excluding tert-OH is 3. The van der Waals surface area contributed by atoms with Gasteiger partial charge in [-0.1, -0.05) is 19.8 Å². The van der Waals surface area contributed by atoms with Gasteiger partial charge in [-0.15, -0.1) is 0 Å². The molecule has 4 rings (SSSR count). The molecule has 0 spiro atoms. The van der Waals surface area contributed by atoms with Crippen molar-refractivity contribution < 1.29 is 20.1 Å². The van der Waals surface area contributed by atoms with E-state index in [9.17, 15) is 15.3 Å². The highest BCUT2D eigenvalue weighted by molar-refractivity contribution is 5.85. The van der Waals surface area contributed by atoms with Crippen molar-refractivity contribution in [2.24, 2.45) is 0 Å². The van der Waals surface area contributed by atoms with Crippen molar-refractivity contribution in [1.82, 2.24) is 19.5 Å². The Labute approximate surface area is 163 Å². The molecule has 0 radical (unpaired) electrons. The molecule has 1 aliphatic carbocycles. The molecule has 154 valence electrons. The number of fused-ring (bicyclic) bond motifs is 1. The number of imidazole rings is 1. The molecule has 1 saturated heterocycles. The highest BCUT2D eigenvalue weighted by Crippen LogP contribution is 2.36. The van der Waals surface area contributed by atoms with Crippen molar-refractivity contribution in [2.75, 3.05) is 23.8 Å². The summed E-state index contributed by atoms with van der Waals surface area (Å²) in [5.41, 5.74) is 1.08. The lowest BCUT2D eigenvalue weighted by molar-refractivity contribution is -0.0501. The predicted molar refractivity (Wildman–Crippen MR) is 103 cm³/mol. The Morgan fingerprint density at radius 2 is 2.00 bits per heavy atom. The molecule has 2 aromatic heterocycles. The first-order valence-electron chi connectivity index (χ1n) is 9.99. The summed E-state index contributed by atoms with van der Waals surface area (Å²) in [6.45, 7) is 2.43. The largest absolute Gasteiger partial charge is 0.394 e. The third-order valence-corrected chi connectivity index (χ3v) is 5.48. The number of aromatic nitrogens is 4. The summed E-state index contributed by atoms with van der Waals surface area (Å²) in [6, 6.07) is 0.285. The summed E-state index contributed by atoms with van der Waals surface area (Å²) >= 11 is 0. The molecule has 0 aromatic carbocycles. The van der Waals surface area contributed by atoms with Gasteiger partial charge < -0.3 is 30.7 Å². The van der Waals surface area contributed by atoms with Crippen LogP contribution < -0.4 is 10.6 Å². The van der Waals surface area contributed by atoms with E-state index in [0.29, 0.717) is 22.9 Å². The molecule has 28 heavy (non-hydrogen) atoms. The van der Waals surface area contributed by atoms with Crippen LogP contribution in [0.15, 0.2) is 6.33 Å². The Balaban J connectivity index is 1.77. The van der Waals surface area contributed by atoms with E-state index in [0.717, 1.165) is 38.6 Å². The van der Waals surface area contributed by atoms with Gasteiger partial charge >= 0.3 is 0 Å². The number of hydrogen-bond acceptors (Lipinski definition) is 9. The minimum absolute atomic E-state index is 0.285. The molecule has 4 unspecified atom stereocenters.